The second-order valence-corrected chi connectivity index (χ2v) is 5.28. The Hall–Kier alpha value is -0.770. The summed E-state index contributed by atoms with van der Waals surface area (Å²) in [6, 6.07) is 7.74. The molecule has 2 N–H and O–H groups in total. The summed E-state index contributed by atoms with van der Waals surface area (Å²) in [7, 11) is 0. The highest BCUT2D eigenvalue weighted by atomic mass is 35.5. The number of carbonyl (C=O) groups is 1. The zero-order valence-corrected chi connectivity index (χ0v) is 12.2. The SMILES string of the molecule is Cl.O=C(O)C1CCCCC1NCc1cccc(Cl)c1. The number of nitrogens with one attached hydrogen (secondary N) is 1. The van der Waals surface area contributed by atoms with E-state index in [2.05, 4.69) is 5.32 Å². The van der Waals surface area contributed by atoms with Crippen molar-refractivity contribution in [3.05, 3.63) is 34.9 Å². The Morgan fingerprint density at radius 3 is 2.79 bits per heavy atom. The largest absolute Gasteiger partial charge is 0.481 e. The molecular formula is C14H19Cl2NO2. The van der Waals surface area contributed by atoms with Crippen LogP contribution in [0, 0.1) is 5.92 Å². The van der Waals surface area contributed by atoms with Crippen LogP contribution >= 0.6 is 24.0 Å². The molecule has 1 saturated carbocycles. The third-order valence-electron chi connectivity index (χ3n) is 3.54. The van der Waals surface area contributed by atoms with Gasteiger partial charge in [-0.1, -0.05) is 36.6 Å². The van der Waals surface area contributed by atoms with E-state index in [4.69, 9.17) is 11.6 Å². The van der Waals surface area contributed by atoms with Crippen molar-refractivity contribution in [3.8, 4) is 0 Å². The molecule has 0 amide bonds. The van der Waals surface area contributed by atoms with Crippen LogP contribution in [0.2, 0.25) is 5.02 Å². The topological polar surface area (TPSA) is 49.3 Å². The van der Waals surface area contributed by atoms with Crippen LogP contribution in [0.15, 0.2) is 24.3 Å². The third-order valence-corrected chi connectivity index (χ3v) is 3.78. The van der Waals surface area contributed by atoms with Gasteiger partial charge in [-0.15, -0.1) is 12.4 Å². The molecular weight excluding hydrogens is 285 g/mol. The predicted molar refractivity (Wildman–Crippen MR) is 78.9 cm³/mol. The summed E-state index contributed by atoms with van der Waals surface area (Å²) in [6.45, 7) is 0.676. The van der Waals surface area contributed by atoms with Gasteiger partial charge in [0.2, 0.25) is 0 Å². The van der Waals surface area contributed by atoms with E-state index >= 15 is 0 Å². The fraction of sp³-hybridized carbons (Fsp3) is 0.500. The number of hydrogen-bond acceptors (Lipinski definition) is 2. The summed E-state index contributed by atoms with van der Waals surface area (Å²) in [6.07, 6.45) is 3.85. The molecule has 1 aliphatic rings. The highest BCUT2D eigenvalue weighted by Gasteiger charge is 2.30. The van der Waals surface area contributed by atoms with Gasteiger partial charge >= 0.3 is 5.97 Å². The second-order valence-electron chi connectivity index (χ2n) is 4.85. The molecule has 19 heavy (non-hydrogen) atoms. The number of hydrogen-bond donors (Lipinski definition) is 2. The Labute approximate surface area is 124 Å². The molecule has 1 aromatic carbocycles. The molecule has 3 nitrogen and oxygen atoms in total. The Kier molecular flexibility index (Phi) is 6.63. The smallest absolute Gasteiger partial charge is 0.308 e. The van der Waals surface area contributed by atoms with E-state index in [0.29, 0.717) is 11.6 Å². The first-order chi connectivity index (χ1) is 8.66. The molecule has 0 radical (unpaired) electrons. The van der Waals surface area contributed by atoms with Crippen LogP contribution in [0.25, 0.3) is 0 Å². The molecule has 106 valence electrons. The second kappa shape index (κ2) is 7.73. The molecule has 0 heterocycles. The van der Waals surface area contributed by atoms with Gasteiger partial charge in [-0.2, -0.15) is 0 Å². The number of aliphatic carboxylic acids is 1. The first-order valence-electron chi connectivity index (χ1n) is 6.37. The lowest BCUT2D eigenvalue weighted by Gasteiger charge is -2.29. The number of halogens is 2. The Morgan fingerprint density at radius 1 is 1.37 bits per heavy atom. The van der Waals surface area contributed by atoms with Gasteiger partial charge in [0.15, 0.2) is 0 Å². The first-order valence-corrected chi connectivity index (χ1v) is 6.75. The highest BCUT2D eigenvalue weighted by molar-refractivity contribution is 6.30. The van der Waals surface area contributed by atoms with Crippen LogP contribution in [-0.2, 0) is 11.3 Å². The fourth-order valence-corrected chi connectivity index (χ4v) is 2.78. The van der Waals surface area contributed by atoms with Crippen molar-refractivity contribution in [2.75, 3.05) is 0 Å². The lowest BCUT2D eigenvalue weighted by molar-refractivity contribution is -0.143. The summed E-state index contributed by atoms with van der Waals surface area (Å²) in [5.74, 6) is -0.934. The van der Waals surface area contributed by atoms with Crippen LogP contribution < -0.4 is 5.32 Å². The summed E-state index contributed by atoms with van der Waals surface area (Å²) in [5, 5.41) is 13.3. The van der Waals surface area contributed by atoms with Crippen LogP contribution in [0.1, 0.15) is 31.2 Å². The van der Waals surface area contributed by atoms with Crippen LogP contribution in [0.5, 0.6) is 0 Å². The molecule has 0 aromatic heterocycles. The molecule has 0 aliphatic heterocycles. The average molecular weight is 304 g/mol. The van der Waals surface area contributed by atoms with Crippen LogP contribution in [0.3, 0.4) is 0 Å². The maximum absolute atomic E-state index is 11.2. The summed E-state index contributed by atoms with van der Waals surface area (Å²) >= 11 is 5.92. The van der Waals surface area contributed by atoms with Gasteiger partial charge in [0, 0.05) is 17.6 Å². The maximum Gasteiger partial charge on any atom is 0.308 e. The van der Waals surface area contributed by atoms with E-state index in [1.165, 1.54) is 0 Å². The standard InChI is InChI=1S/C14H18ClNO2.ClH/c15-11-5-3-4-10(8-11)9-16-13-7-2-1-6-12(13)14(17)18;/h3-5,8,12-13,16H,1-2,6-7,9H2,(H,17,18);1H. The van der Waals surface area contributed by atoms with E-state index in [1.807, 2.05) is 24.3 Å². The number of carboxylic acids is 1. The number of benzene rings is 1. The number of carboxylic acid groups (broad SMARTS) is 1. The Morgan fingerprint density at radius 2 is 2.11 bits per heavy atom. The fourth-order valence-electron chi connectivity index (χ4n) is 2.57. The molecule has 0 bridgehead atoms. The van der Waals surface area contributed by atoms with Crippen molar-refractivity contribution < 1.29 is 9.90 Å². The third kappa shape index (κ3) is 4.68. The van der Waals surface area contributed by atoms with Crippen molar-refractivity contribution in [1.29, 1.82) is 0 Å². The monoisotopic (exact) mass is 303 g/mol. The summed E-state index contributed by atoms with van der Waals surface area (Å²) < 4.78 is 0. The van der Waals surface area contributed by atoms with Crippen molar-refractivity contribution in [2.45, 2.75) is 38.3 Å². The van der Waals surface area contributed by atoms with E-state index in [9.17, 15) is 9.90 Å². The van der Waals surface area contributed by atoms with Gasteiger partial charge < -0.3 is 10.4 Å². The number of rotatable bonds is 4. The molecule has 2 rings (SSSR count). The van der Waals surface area contributed by atoms with Gasteiger partial charge in [0.05, 0.1) is 5.92 Å². The zero-order valence-electron chi connectivity index (χ0n) is 10.6. The van der Waals surface area contributed by atoms with Crippen molar-refractivity contribution >= 4 is 30.0 Å². The predicted octanol–water partition coefficient (Wildman–Crippen LogP) is 3.49. The molecule has 1 aliphatic carbocycles. The minimum Gasteiger partial charge on any atom is -0.481 e. The lowest BCUT2D eigenvalue weighted by atomic mass is 9.84. The maximum atomic E-state index is 11.2. The molecule has 5 heteroatoms. The molecule has 0 spiro atoms. The average Bonchev–Trinajstić information content (AvgIpc) is 2.37. The van der Waals surface area contributed by atoms with E-state index in [-0.39, 0.29) is 24.4 Å². The van der Waals surface area contributed by atoms with E-state index < -0.39 is 5.97 Å². The quantitative estimate of drug-likeness (QED) is 0.895. The molecule has 2 unspecified atom stereocenters. The normalized spacial score (nSPS) is 22.6. The van der Waals surface area contributed by atoms with E-state index in [1.54, 1.807) is 0 Å². The molecule has 1 fully saturated rings. The molecule has 1 aromatic rings. The van der Waals surface area contributed by atoms with Gasteiger partial charge in [-0.3, -0.25) is 4.79 Å². The summed E-state index contributed by atoms with van der Waals surface area (Å²) in [5.41, 5.74) is 1.09. The van der Waals surface area contributed by atoms with Crippen molar-refractivity contribution in [2.24, 2.45) is 5.92 Å². The zero-order chi connectivity index (χ0) is 13.0. The highest BCUT2D eigenvalue weighted by Crippen LogP contribution is 2.25. The van der Waals surface area contributed by atoms with Gasteiger partial charge in [0.25, 0.3) is 0 Å². The van der Waals surface area contributed by atoms with Crippen LogP contribution in [-0.4, -0.2) is 17.1 Å². The lowest BCUT2D eigenvalue weighted by Crippen LogP contribution is -2.41. The first kappa shape index (κ1) is 16.3. The van der Waals surface area contributed by atoms with Gasteiger partial charge in [-0.25, -0.2) is 0 Å². The van der Waals surface area contributed by atoms with Crippen LogP contribution in [0.4, 0.5) is 0 Å². The van der Waals surface area contributed by atoms with E-state index in [0.717, 1.165) is 31.2 Å². The Balaban J connectivity index is 0.00000180. The Bertz CT molecular complexity index is 426. The van der Waals surface area contributed by atoms with Crippen molar-refractivity contribution in [1.82, 2.24) is 5.32 Å². The molecule has 0 saturated heterocycles. The summed E-state index contributed by atoms with van der Waals surface area (Å²) in [4.78, 5) is 11.2. The van der Waals surface area contributed by atoms with Gasteiger partial charge in [-0.05, 0) is 30.5 Å². The molecule has 2 atom stereocenters. The van der Waals surface area contributed by atoms with Gasteiger partial charge in [0.1, 0.15) is 0 Å². The minimum absolute atomic E-state index is 0. The minimum atomic E-state index is -0.682. The van der Waals surface area contributed by atoms with Crippen molar-refractivity contribution in [3.63, 3.8) is 0 Å².